The lowest BCUT2D eigenvalue weighted by molar-refractivity contribution is 0.393. The van der Waals surface area contributed by atoms with Crippen molar-refractivity contribution in [2.75, 3.05) is 0 Å². The summed E-state index contributed by atoms with van der Waals surface area (Å²) in [4.78, 5) is 13.4. The monoisotopic (exact) mass is 380 g/mol. The Bertz CT molecular complexity index is 1190. The van der Waals surface area contributed by atoms with Crippen molar-refractivity contribution >= 4 is 22.5 Å². The van der Waals surface area contributed by atoms with Crippen LogP contribution in [-0.4, -0.2) is 14.8 Å². The first kappa shape index (κ1) is 17.4. The van der Waals surface area contributed by atoms with Gasteiger partial charge in [0, 0.05) is 10.4 Å². The smallest absolute Gasteiger partial charge is 0.263 e. The highest BCUT2D eigenvalue weighted by Gasteiger charge is 2.23. The minimum Gasteiger partial charge on any atom is -0.506 e. The minimum absolute atomic E-state index is 0.115. The second-order valence-electron chi connectivity index (χ2n) is 6.46. The Morgan fingerprint density at radius 3 is 2.52 bits per heavy atom. The first-order valence-electron chi connectivity index (χ1n) is 8.49. The SMILES string of the molecule is Cc1noc(C)c1-c1c(O)c2cc(Cl)ccc2n(Cc2ccccc2)c1=O. The number of hydrogen-bond acceptors (Lipinski definition) is 4. The highest BCUT2D eigenvalue weighted by molar-refractivity contribution is 6.31. The van der Waals surface area contributed by atoms with Crippen LogP contribution in [0.4, 0.5) is 0 Å². The number of nitrogens with zero attached hydrogens (tertiary/aromatic N) is 2. The van der Waals surface area contributed by atoms with Crippen molar-refractivity contribution in [3.05, 3.63) is 80.9 Å². The Hall–Kier alpha value is -3.05. The maximum Gasteiger partial charge on any atom is 0.263 e. The van der Waals surface area contributed by atoms with Gasteiger partial charge in [-0.25, -0.2) is 0 Å². The third-order valence-electron chi connectivity index (χ3n) is 4.67. The van der Waals surface area contributed by atoms with Crippen molar-refractivity contribution in [1.29, 1.82) is 0 Å². The Morgan fingerprint density at radius 1 is 1.11 bits per heavy atom. The molecule has 0 radical (unpaired) electrons. The number of aromatic nitrogens is 2. The van der Waals surface area contributed by atoms with Crippen LogP contribution in [-0.2, 0) is 6.54 Å². The van der Waals surface area contributed by atoms with Crippen LogP contribution in [0.25, 0.3) is 22.0 Å². The standard InChI is InChI=1S/C21H17ClN2O3/c1-12-18(13(2)27-23-12)19-20(25)16-10-15(22)8-9-17(16)24(21(19)26)11-14-6-4-3-5-7-14/h3-10,25H,11H2,1-2H3. The molecule has 136 valence electrons. The van der Waals surface area contributed by atoms with Gasteiger partial charge in [0.25, 0.3) is 5.56 Å². The van der Waals surface area contributed by atoms with Gasteiger partial charge in [-0.3, -0.25) is 4.79 Å². The Labute approximate surface area is 160 Å². The van der Waals surface area contributed by atoms with E-state index in [9.17, 15) is 9.90 Å². The van der Waals surface area contributed by atoms with Gasteiger partial charge in [-0.2, -0.15) is 0 Å². The van der Waals surface area contributed by atoms with Crippen molar-refractivity contribution in [2.45, 2.75) is 20.4 Å². The van der Waals surface area contributed by atoms with Crippen LogP contribution < -0.4 is 5.56 Å². The number of benzene rings is 2. The average molecular weight is 381 g/mol. The van der Waals surface area contributed by atoms with E-state index in [-0.39, 0.29) is 16.9 Å². The molecule has 2 aromatic carbocycles. The normalized spacial score (nSPS) is 11.2. The van der Waals surface area contributed by atoms with Crippen LogP contribution in [0.2, 0.25) is 5.02 Å². The molecule has 0 aliphatic carbocycles. The van der Waals surface area contributed by atoms with Gasteiger partial charge < -0.3 is 14.2 Å². The summed E-state index contributed by atoms with van der Waals surface area (Å²) in [6.07, 6.45) is 0. The van der Waals surface area contributed by atoms with Crippen LogP contribution in [0.3, 0.4) is 0 Å². The van der Waals surface area contributed by atoms with Crippen LogP contribution in [0, 0.1) is 13.8 Å². The number of rotatable bonds is 3. The molecule has 4 aromatic rings. The maximum absolute atomic E-state index is 13.4. The van der Waals surface area contributed by atoms with Crippen molar-refractivity contribution in [3.63, 3.8) is 0 Å². The molecule has 0 bridgehead atoms. The summed E-state index contributed by atoms with van der Waals surface area (Å²) < 4.78 is 6.86. The summed E-state index contributed by atoms with van der Waals surface area (Å²) >= 11 is 6.15. The molecule has 0 saturated heterocycles. The molecule has 0 aliphatic heterocycles. The number of hydrogen-bond donors (Lipinski definition) is 1. The van der Waals surface area contributed by atoms with Gasteiger partial charge in [-0.1, -0.05) is 47.1 Å². The number of aromatic hydroxyl groups is 1. The van der Waals surface area contributed by atoms with Gasteiger partial charge in [-0.15, -0.1) is 0 Å². The van der Waals surface area contributed by atoms with Crippen molar-refractivity contribution in [2.24, 2.45) is 0 Å². The first-order valence-corrected chi connectivity index (χ1v) is 8.87. The largest absolute Gasteiger partial charge is 0.506 e. The zero-order chi connectivity index (χ0) is 19.1. The van der Waals surface area contributed by atoms with E-state index in [2.05, 4.69) is 5.16 Å². The van der Waals surface area contributed by atoms with Crippen LogP contribution in [0.15, 0.2) is 57.8 Å². The van der Waals surface area contributed by atoms with E-state index in [4.69, 9.17) is 16.1 Å². The summed E-state index contributed by atoms with van der Waals surface area (Å²) in [7, 11) is 0. The third kappa shape index (κ3) is 2.90. The molecule has 0 amide bonds. The lowest BCUT2D eigenvalue weighted by atomic mass is 10.0. The van der Waals surface area contributed by atoms with E-state index in [0.29, 0.717) is 39.5 Å². The summed E-state index contributed by atoms with van der Waals surface area (Å²) in [5.41, 5.74) is 2.53. The molecule has 1 N–H and O–H groups in total. The maximum atomic E-state index is 13.4. The van der Waals surface area contributed by atoms with Gasteiger partial charge in [0.1, 0.15) is 11.5 Å². The Morgan fingerprint density at radius 2 is 1.85 bits per heavy atom. The predicted molar refractivity (Wildman–Crippen MR) is 105 cm³/mol. The minimum atomic E-state index is -0.305. The number of pyridine rings is 1. The fourth-order valence-corrected chi connectivity index (χ4v) is 3.57. The number of aryl methyl sites for hydroxylation is 2. The van der Waals surface area contributed by atoms with Crippen LogP contribution >= 0.6 is 11.6 Å². The third-order valence-corrected chi connectivity index (χ3v) is 4.90. The second kappa shape index (κ2) is 6.59. The van der Waals surface area contributed by atoms with Crippen LogP contribution in [0.1, 0.15) is 17.0 Å². The van der Waals surface area contributed by atoms with Gasteiger partial charge in [0.05, 0.1) is 28.9 Å². The topological polar surface area (TPSA) is 68.3 Å². The van der Waals surface area contributed by atoms with E-state index < -0.39 is 0 Å². The fourth-order valence-electron chi connectivity index (χ4n) is 3.40. The Kier molecular flexibility index (Phi) is 4.24. The van der Waals surface area contributed by atoms with E-state index in [1.807, 2.05) is 30.3 Å². The summed E-state index contributed by atoms with van der Waals surface area (Å²) in [5, 5.41) is 15.8. The molecule has 2 aromatic heterocycles. The second-order valence-corrected chi connectivity index (χ2v) is 6.90. The van der Waals surface area contributed by atoms with E-state index in [1.54, 1.807) is 36.6 Å². The van der Waals surface area contributed by atoms with Gasteiger partial charge in [0.2, 0.25) is 0 Å². The van der Waals surface area contributed by atoms with E-state index >= 15 is 0 Å². The zero-order valence-corrected chi connectivity index (χ0v) is 15.6. The highest BCUT2D eigenvalue weighted by Crippen LogP contribution is 2.37. The summed E-state index contributed by atoms with van der Waals surface area (Å²) in [5.74, 6) is 0.365. The molecule has 0 unspecified atom stereocenters. The lowest BCUT2D eigenvalue weighted by Gasteiger charge is -2.15. The van der Waals surface area contributed by atoms with Crippen molar-refractivity contribution < 1.29 is 9.63 Å². The molecule has 5 nitrogen and oxygen atoms in total. The van der Waals surface area contributed by atoms with Crippen LogP contribution in [0.5, 0.6) is 5.75 Å². The van der Waals surface area contributed by atoms with Crippen molar-refractivity contribution in [1.82, 2.24) is 9.72 Å². The van der Waals surface area contributed by atoms with Gasteiger partial charge in [0.15, 0.2) is 0 Å². The molecular formula is C21H17ClN2O3. The van der Waals surface area contributed by atoms with E-state index in [1.165, 1.54) is 0 Å². The van der Waals surface area contributed by atoms with Gasteiger partial charge >= 0.3 is 0 Å². The summed E-state index contributed by atoms with van der Waals surface area (Å²) in [6, 6.07) is 14.8. The van der Waals surface area contributed by atoms with Crippen molar-refractivity contribution in [3.8, 4) is 16.9 Å². The van der Waals surface area contributed by atoms with Gasteiger partial charge in [-0.05, 0) is 37.6 Å². The van der Waals surface area contributed by atoms with E-state index in [0.717, 1.165) is 5.56 Å². The lowest BCUT2D eigenvalue weighted by Crippen LogP contribution is -2.23. The molecule has 0 spiro atoms. The number of fused-ring (bicyclic) bond motifs is 1. The fraction of sp³-hybridized carbons (Fsp3) is 0.143. The molecule has 6 heteroatoms. The number of halogens is 1. The molecule has 27 heavy (non-hydrogen) atoms. The predicted octanol–water partition coefficient (Wildman–Crippen LogP) is 4.68. The molecule has 0 atom stereocenters. The molecule has 0 aliphatic rings. The molecular weight excluding hydrogens is 364 g/mol. The molecule has 0 fully saturated rings. The molecule has 2 heterocycles. The average Bonchev–Trinajstić information content (AvgIpc) is 2.99. The highest BCUT2D eigenvalue weighted by atomic mass is 35.5. The first-order chi connectivity index (χ1) is 13.0. The quantitative estimate of drug-likeness (QED) is 0.560. The summed E-state index contributed by atoms with van der Waals surface area (Å²) in [6.45, 7) is 3.83. The molecule has 0 saturated carbocycles. The molecule has 4 rings (SSSR count). The Balaban J connectivity index is 2.09. The zero-order valence-electron chi connectivity index (χ0n) is 14.9.